The van der Waals surface area contributed by atoms with Gasteiger partial charge in [-0.1, -0.05) is 60.6 Å². The van der Waals surface area contributed by atoms with Crippen molar-refractivity contribution in [1.29, 1.82) is 0 Å². The molecule has 0 radical (unpaired) electrons. The quantitative estimate of drug-likeness (QED) is 0.122. The number of allylic oxidation sites excluding steroid dienone is 3. The maximum atomic E-state index is 12.5. The van der Waals surface area contributed by atoms with E-state index in [0.29, 0.717) is 12.8 Å². The summed E-state index contributed by atoms with van der Waals surface area (Å²) < 4.78 is 10.2. The van der Waals surface area contributed by atoms with Crippen molar-refractivity contribution < 1.29 is 28.7 Å². The van der Waals surface area contributed by atoms with Crippen molar-refractivity contribution in [3.63, 3.8) is 0 Å². The van der Waals surface area contributed by atoms with Gasteiger partial charge in [0.15, 0.2) is 5.84 Å². The molecule has 1 amide bonds. The summed E-state index contributed by atoms with van der Waals surface area (Å²) in [5, 5.41) is 6.00. The van der Waals surface area contributed by atoms with E-state index in [1.54, 1.807) is 38.1 Å². The summed E-state index contributed by atoms with van der Waals surface area (Å²) in [6.07, 6.45) is 5.21. The predicted octanol–water partition coefficient (Wildman–Crippen LogP) is 3.74. The first-order valence-corrected chi connectivity index (χ1v) is 10.8. The van der Waals surface area contributed by atoms with Crippen LogP contribution in [0.1, 0.15) is 52.5 Å². The number of rotatable bonds is 12. The van der Waals surface area contributed by atoms with Crippen molar-refractivity contribution in [1.82, 2.24) is 5.32 Å². The van der Waals surface area contributed by atoms with Gasteiger partial charge >= 0.3 is 18.0 Å². The Morgan fingerprint density at radius 1 is 1.18 bits per heavy atom. The van der Waals surface area contributed by atoms with Gasteiger partial charge < -0.3 is 25.4 Å². The van der Waals surface area contributed by atoms with Crippen LogP contribution in [0.25, 0.3) is 0 Å². The first-order valence-electron chi connectivity index (χ1n) is 10.8. The second-order valence-corrected chi connectivity index (χ2v) is 7.28. The van der Waals surface area contributed by atoms with Gasteiger partial charge in [0, 0.05) is 0 Å². The van der Waals surface area contributed by atoms with Gasteiger partial charge in [0.05, 0.1) is 12.5 Å². The molecular weight excluding hydrogens is 426 g/mol. The van der Waals surface area contributed by atoms with Crippen LogP contribution in [-0.4, -0.2) is 36.0 Å². The van der Waals surface area contributed by atoms with Crippen LogP contribution in [0.4, 0.5) is 4.79 Å². The van der Waals surface area contributed by atoms with E-state index in [9.17, 15) is 14.4 Å². The molecule has 1 aromatic rings. The van der Waals surface area contributed by atoms with Gasteiger partial charge in [0.1, 0.15) is 12.6 Å². The molecule has 0 spiro atoms. The normalized spacial score (nSPS) is 13.0. The molecular formula is C24H33N3O6. The van der Waals surface area contributed by atoms with Crippen molar-refractivity contribution in [2.75, 3.05) is 0 Å². The van der Waals surface area contributed by atoms with Gasteiger partial charge in [-0.05, 0) is 44.7 Å². The Labute approximate surface area is 194 Å². The highest BCUT2D eigenvalue weighted by Crippen LogP contribution is 2.07. The Bertz CT molecular complexity index is 862. The fraction of sp³-hybridized carbons (Fsp3) is 0.417. The number of nitrogens with one attached hydrogen (secondary N) is 1. The number of benzene rings is 1. The van der Waals surface area contributed by atoms with Crippen LogP contribution < -0.4 is 11.1 Å². The molecule has 0 bridgehead atoms. The minimum Gasteiger partial charge on any atom is -0.459 e. The lowest BCUT2D eigenvalue weighted by Gasteiger charge is -2.17. The monoisotopic (exact) mass is 459 g/mol. The zero-order chi connectivity index (χ0) is 24.6. The Morgan fingerprint density at radius 3 is 2.48 bits per heavy atom. The van der Waals surface area contributed by atoms with E-state index in [4.69, 9.17) is 20.0 Å². The molecule has 1 unspecified atom stereocenters. The number of alkyl carbamates (subject to hydrolysis) is 1. The van der Waals surface area contributed by atoms with Crippen molar-refractivity contribution in [2.45, 2.75) is 65.7 Å². The van der Waals surface area contributed by atoms with Crippen LogP contribution >= 0.6 is 0 Å². The number of nitrogens with two attached hydrogens (primary N) is 1. The van der Waals surface area contributed by atoms with Crippen LogP contribution in [0, 0.1) is 0 Å². The second-order valence-electron chi connectivity index (χ2n) is 7.28. The minimum absolute atomic E-state index is 0.0198. The molecule has 9 heteroatoms. The van der Waals surface area contributed by atoms with Gasteiger partial charge in [-0.2, -0.15) is 0 Å². The van der Waals surface area contributed by atoms with Gasteiger partial charge in [-0.15, -0.1) is 0 Å². The number of carbonyl (C=O) groups is 3. The lowest BCUT2D eigenvalue weighted by Crippen LogP contribution is -2.44. The van der Waals surface area contributed by atoms with Crippen LogP contribution in [0.3, 0.4) is 0 Å². The number of carbonyl (C=O) groups excluding carboxylic acids is 3. The zero-order valence-corrected chi connectivity index (χ0v) is 19.6. The summed E-state index contributed by atoms with van der Waals surface area (Å²) in [4.78, 5) is 41.7. The van der Waals surface area contributed by atoms with E-state index >= 15 is 0 Å². The number of amides is 1. The molecule has 0 aliphatic carbocycles. The highest BCUT2D eigenvalue weighted by atomic mass is 16.7. The van der Waals surface area contributed by atoms with Crippen molar-refractivity contribution in [3.05, 3.63) is 59.7 Å². The molecule has 1 atom stereocenters. The first-order chi connectivity index (χ1) is 15.8. The van der Waals surface area contributed by atoms with Gasteiger partial charge in [-0.25, -0.2) is 14.4 Å². The third-order valence-electron chi connectivity index (χ3n) is 4.21. The van der Waals surface area contributed by atoms with E-state index in [2.05, 4.69) is 10.5 Å². The Balaban J connectivity index is 2.81. The molecule has 33 heavy (non-hydrogen) atoms. The smallest absolute Gasteiger partial charge is 0.408 e. The summed E-state index contributed by atoms with van der Waals surface area (Å²) in [6, 6.07) is 7.68. The topological polar surface area (TPSA) is 129 Å². The van der Waals surface area contributed by atoms with Crippen LogP contribution in [0.15, 0.2) is 59.3 Å². The molecule has 1 rings (SSSR count). The molecule has 0 aromatic heterocycles. The lowest BCUT2D eigenvalue weighted by molar-refractivity contribution is -0.153. The third-order valence-corrected chi connectivity index (χ3v) is 4.21. The molecule has 0 aliphatic rings. The van der Waals surface area contributed by atoms with Crippen molar-refractivity contribution in [3.8, 4) is 0 Å². The van der Waals surface area contributed by atoms with E-state index in [1.165, 1.54) is 0 Å². The highest BCUT2D eigenvalue weighted by Gasteiger charge is 2.27. The number of ether oxygens (including phenoxy) is 2. The summed E-state index contributed by atoms with van der Waals surface area (Å²) in [6.45, 7) is 7.10. The summed E-state index contributed by atoms with van der Waals surface area (Å²) >= 11 is 0. The van der Waals surface area contributed by atoms with E-state index < -0.39 is 36.6 Å². The van der Waals surface area contributed by atoms with Gasteiger partial charge in [0.25, 0.3) is 0 Å². The molecule has 0 fully saturated rings. The largest absolute Gasteiger partial charge is 0.459 e. The minimum atomic E-state index is -1.32. The number of oxime groups is 1. The Kier molecular flexibility index (Phi) is 12.6. The van der Waals surface area contributed by atoms with E-state index in [0.717, 1.165) is 11.1 Å². The zero-order valence-electron chi connectivity index (χ0n) is 19.6. The summed E-state index contributed by atoms with van der Waals surface area (Å²) in [5.74, 6) is -1.62. The number of hydrogen-bond acceptors (Lipinski definition) is 7. The van der Waals surface area contributed by atoms with Crippen LogP contribution in [-0.2, 0) is 30.5 Å². The molecule has 1 aromatic carbocycles. The van der Waals surface area contributed by atoms with Crippen LogP contribution in [0.2, 0.25) is 0 Å². The number of nitrogens with zero attached hydrogens (tertiary/aromatic N) is 1. The summed E-state index contributed by atoms with van der Waals surface area (Å²) in [7, 11) is 0. The fourth-order valence-electron chi connectivity index (χ4n) is 2.55. The number of amidine groups is 1. The maximum absolute atomic E-state index is 12.5. The first kappa shape index (κ1) is 27.4. The average molecular weight is 460 g/mol. The number of hydrogen-bond donors (Lipinski definition) is 2. The molecule has 3 N–H and O–H groups in total. The molecule has 0 aliphatic heterocycles. The maximum Gasteiger partial charge on any atom is 0.408 e. The number of esters is 1. The molecule has 9 nitrogen and oxygen atoms in total. The van der Waals surface area contributed by atoms with Crippen molar-refractivity contribution in [2.24, 2.45) is 10.9 Å². The average Bonchev–Trinajstić information content (AvgIpc) is 2.78. The molecule has 0 saturated heterocycles. The SMILES string of the molecule is C/C=C\C/C=C(CC)/C(N)=N/OC(=O)CC(NC(=O)OC(C)C)C(=O)OCc1ccccc1. The summed E-state index contributed by atoms with van der Waals surface area (Å²) in [5.41, 5.74) is 7.37. The van der Waals surface area contributed by atoms with E-state index in [1.807, 2.05) is 38.1 Å². The molecule has 0 heterocycles. The lowest BCUT2D eigenvalue weighted by atomic mass is 10.1. The standard InChI is InChI=1S/C24H33N3O6/c1-5-7-9-14-19(6-2)22(25)27-33-21(28)15-20(26-24(30)32-17(3)4)23(29)31-16-18-12-10-8-11-13-18/h5,7-8,10-14,17,20H,6,9,15-16H2,1-4H3,(H2,25,27)(H,26,30)/b7-5-,19-14+. The molecule has 0 saturated carbocycles. The molecule has 180 valence electrons. The third kappa shape index (κ3) is 11.5. The van der Waals surface area contributed by atoms with Crippen LogP contribution in [0.5, 0.6) is 0 Å². The predicted molar refractivity (Wildman–Crippen MR) is 125 cm³/mol. The Hall–Kier alpha value is -3.62. The second kappa shape index (κ2) is 15.2. The van der Waals surface area contributed by atoms with Gasteiger partial charge in [0.2, 0.25) is 0 Å². The highest BCUT2D eigenvalue weighted by molar-refractivity contribution is 5.97. The van der Waals surface area contributed by atoms with E-state index in [-0.39, 0.29) is 12.4 Å². The Morgan fingerprint density at radius 2 is 1.88 bits per heavy atom. The van der Waals surface area contributed by atoms with Crippen molar-refractivity contribution >= 4 is 23.9 Å². The fourth-order valence-corrected chi connectivity index (χ4v) is 2.55. The van der Waals surface area contributed by atoms with Gasteiger partial charge in [-0.3, -0.25) is 0 Å².